The van der Waals surface area contributed by atoms with Gasteiger partial charge in [0.05, 0.1) is 35.3 Å². The fourth-order valence-electron chi connectivity index (χ4n) is 2.72. The van der Waals surface area contributed by atoms with E-state index in [0.29, 0.717) is 12.1 Å². The summed E-state index contributed by atoms with van der Waals surface area (Å²) >= 11 is 0. The number of aliphatic hydroxyl groups is 1. The van der Waals surface area contributed by atoms with Crippen LogP contribution in [0.4, 0.5) is 17.6 Å². The van der Waals surface area contributed by atoms with Crippen LogP contribution in [-0.2, 0) is 12.7 Å². The Morgan fingerprint density at radius 3 is 2.38 bits per heavy atom. The maximum Gasteiger partial charge on any atom is 0.419 e. The lowest BCUT2D eigenvalue weighted by Crippen LogP contribution is -2.40. The highest BCUT2D eigenvalue weighted by Gasteiger charge is 2.34. The van der Waals surface area contributed by atoms with Gasteiger partial charge in [0.15, 0.2) is 0 Å². The Morgan fingerprint density at radius 2 is 1.73 bits per heavy atom. The highest BCUT2D eigenvalue weighted by molar-refractivity contribution is 5.79. The van der Waals surface area contributed by atoms with Crippen molar-refractivity contribution in [3.8, 4) is 5.69 Å². The lowest BCUT2D eigenvalue weighted by molar-refractivity contribution is -0.140. The fourth-order valence-corrected chi connectivity index (χ4v) is 2.72. The summed E-state index contributed by atoms with van der Waals surface area (Å²) in [5.74, 6) is -1.47. The second kappa shape index (κ2) is 6.41. The second-order valence-electron chi connectivity index (χ2n) is 5.48. The van der Waals surface area contributed by atoms with E-state index >= 15 is 0 Å². The molecule has 1 N–H and O–H groups in total. The van der Waals surface area contributed by atoms with E-state index in [2.05, 4.69) is 0 Å². The molecule has 26 heavy (non-hydrogen) atoms. The number of aliphatic hydroxyl groups excluding tert-OH is 1. The Hall–Kier alpha value is -2.94. The van der Waals surface area contributed by atoms with Crippen molar-refractivity contribution in [3.63, 3.8) is 0 Å². The molecule has 0 spiro atoms. The Labute approximate surface area is 143 Å². The number of benzene rings is 2. The Morgan fingerprint density at radius 1 is 1.04 bits per heavy atom. The van der Waals surface area contributed by atoms with Crippen LogP contribution in [0.15, 0.2) is 52.1 Å². The molecule has 0 bridgehead atoms. The molecule has 0 saturated carbocycles. The number of hydrogen-bond donors (Lipinski definition) is 1. The summed E-state index contributed by atoms with van der Waals surface area (Å²) in [6.07, 6.45) is -4.95. The van der Waals surface area contributed by atoms with Crippen molar-refractivity contribution in [3.05, 3.63) is 74.7 Å². The molecule has 0 amide bonds. The van der Waals surface area contributed by atoms with Crippen molar-refractivity contribution in [2.45, 2.75) is 12.7 Å². The first-order valence-electron chi connectivity index (χ1n) is 7.48. The van der Waals surface area contributed by atoms with Crippen LogP contribution in [-0.4, -0.2) is 20.8 Å². The third-order valence-corrected chi connectivity index (χ3v) is 3.88. The topological polar surface area (TPSA) is 64.2 Å². The molecule has 2 aromatic carbocycles. The molecule has 0 atom stereocenters. The van der Waals surface area contributed by atoms with Gasteiger partial charge in [-0.2, -0.15) is 13.2 Å². The van der Waals surface area contributed by atoms with Gasteiger partial charge in [-0.1, -0.05) is 12.1 Å². The van der Waals surface area contributed by atoms with Gasteiger partial charge in [-0.25, -0.2) is 9.18 Å². The number of nitrogens with zero attached hydrogens (tertiary/aromatic N) is 2. The number of hydrogen-bond acceptors (Lipinski definition) is 3. The smallest absolute Gasteiger partial charge is 0.395 e. The lowest BCUT2D eigenvalue weighted by Gasteiger charge is -2.15. The summed E-state index contributed by atoms with van der Waals surface area (Å²) in [7, 11) is 0. The van der Waals surface area contributed by atoms with Crippen molar-refractivity contribution in [1.82, 2.24) is 9.13 Å². The molecule has 0 fully saturated rings. The van der Waals surface area contributed by atoms with Crippen LogP contribution in [0.2, 0.25) is 0 Å². The molecule has 136 valence electrons. The number of aromatic nitrogens is 2. The molecule has 5 nitrogen and oxygen atoms in total. The number of rotatable bonds is 3. The summed E-state index contributed by atoms with van der Waals surface area (Å²) in [5.41, 5.74) is -3.29. The molecule has 3 aromatic rings. The minimum absolute atomic E-state index is 0.0800. The van der Waals surface area contributed by atoms with E-state index < -0.39 is 35.4 Å². The van der Waals surface area contributed by atoms with Gasteiger partial charge in [0.25, 0.3) is 5.56 Å². The van der Waals surface area contributed by atoms with Gasteiger partial charge in [0, 0.05) is 0 Å². The van der Waals surface area contributed by atoms with E-state index in [0.717, 1.165) is 15.2 Å². The van der Waals surface area contributed by atoms with Crippen LogP contribution >= 0.6 is 0 Å². The minimum Gasteiger partial charge on any atom is -0.395 e. The highest BCUT2D eigenvalue weighted by atomic mass is 19.4. The first kappa shape index (κ1) is 17.9. The summed E-state index contributed by atoms with van der Waals surface area (Å²) in [6.45, 7) is -0.833. The molecule has 1 heterocycles. The molecule has 0 saturated heterocycles. The molecule has 3 rings (SSSR count). The summed E-state index contributed by atoms with van der Waals surface area (Å²) in [4.78, 5) is 25.1. The third-order valence-electron chi connectivity index (χ3n) is 3.88. The Bertz CT molecular complexity index is 1100. The molecule has 0 radical (unpaired) electrons. The van der Waals surface area contributed by atoms with E-state index in [1.165, 1.54) is 24.3 Å². The van der Waals surface area contributed by atoms with Gasteiger partial charge in [-0.15, -0.1) is 0 Å². The number of fused-ring (bicyclic) bond motifs is 1. The van der Waals surface area contributed by atoms with Crippen LogP contribution in [0.25, 0.3) is 16.6 Å². The van der Waals surface area contributed by atoms with Crippen LogP contribution < -0.4 is 11.2 Å². The third kappa shape index (κ3) is 2.90. The van der Waals surface area contributed by atoms with Gasteiger partial charge in [0.2, 0.25) is 0 Å². The van der Waals surface area contributed by atoms with Crippen LogP contribution in [0.5, 0.6) is 0 Å². The van der Waals surface area contributed by atoms with E-state index in [1.807, 2.05) is 0 Å². The molecule has 1 aromatic heterocycles. The van der Waals surface area contributed by atoms with Crippen molar-refractivity contribution in [1.29, 1.82) is 0 Å². The minimum atomic E-state index is -4.95. The molecule has 9 heteroatoms. The predicted molar refractivity (Wildman–Crippen MR) is 85.9 cm³/mol. The Balaban J connectivity index is 2.43. The zero-order valence-electron chi connectivity index (χ0n) is 13.1. The van der Waals surface area contributed by atoms with Crippen molar-refractivity contribution in [2.24, 2.45) is 0 Å². The lowest BCUT2D eigenvalue weighted by atomic mass is 10.1. The van der Waals surface area contributed by atoms with Gasteiger partial charge in [-0.05, 0) is 30.3 Å². The average molecular weight is 367 g/mol. The quantitative estimate of drug-likeness (QED) is 0.723. The molecule has 0 unspecified atom stereocenters. The summed E-state index contributed by atoms with van der Waals surface area (Å²) < 4.78 is 54.2. The zero-order chi connectivity index (χ0) is 19.1. The first-order valence-corrected chi connectivity index (χ1v) is 7.48. The molecular weight excluding hydrogens is 355 g/mol. The van der Waals surface area contributed by atoms with E-state index in [1.54, 1.807) is 0 Å². The standard InChI is InChI=1S/C17H12F4N2O3/c18-13-6-5-10(9-12(13)17(19,20)21)23-14-4-2-1-3-11(14)15(25)22(7-8-24)16(23)26/h1-6,9,24H,7-8H2/i18-1. The molecular formula is C17H12F4N2O3. The van der Waals surface area contributed by atoms with Crippen molar-refractivity contribution < 1.29 is 22.7 Å². The largest absolute Gasteiger partial charge is 0.419 e. The normalized spacial score (nSPS) is 11.9. The molecule has 0 aliphatic rings. The number of alkyl halides is 3. The number of halogens is 4. The zero-order valence-corrected chi connectivity index (χ0v) is 13.1. The average Bonchev–Trinajstić information content (AvgIpc) is 2.59. The van der Waals surface area contributed by atoms with Crippen LogP contribution in [0, 0.1) is 5.82 Å². The van der Waals surface area contributed by atoms with Gasteiger partial charge in [-0.3, -0.25) is 13.9 Å². The first-order chi connectivity index (χ1) is 12.3. The van der Waals surface area contributed by atoms with E-state index in [-0.39, 0.29) is 23.1 Å². The van der Waals surface area contributed by atoms with Crippen LogP contribution in [0.3, 0.4) is 0 Å². The van der Waals surface area contributed by atoms with Gasteiger partial charge in [0.1, 0.15) is 5.82 Å². The number of para-hydroxylation sites is 1. The fraction of sp³-hybridized carbons (Fsp3) is 0.176. The van der Waals surface area contributed by atoms with Gasteiger partial charge < -0.3 is 5.11 Å². The van der Waals surface area contributed by atoms with Crippen LogP contribution in [0.1, 0.15) is 5.56 Å². The predicted octanol–water partition coefficient (Wildman–Crippen LogP) is 2.30. The van der Waals surface area contributed by atoms with E-state index in [9.17, 15) is 27.2 Å². The van der Waals surface area contributed by atoms with Crippen molar-refractivity contribution >= 4 is 10.9 Å². The monoisotopic (exact) mass is 367 g/mol. The summed E-state index contributed by atoms with van der Waals surface area (Å²) in [6, 6.07) is 8.01. The highest BCUT2D eigenvalue weighted by Crippen LogP contribution is 2.32. The second-order valence-corrected chi connectivity index (χ2v) is 5.48. The van der Waals surface area contributed by atoms with Crippen molar-refractivity contribution in [2.75, 3.05) is 6.61 Å². The SMILES string of the molecule is O=c1c2ccccc2n(-c2ccc([18F])c(C(F)(F)F)c2)c(=O)n1CCO. The maximum atomic E-state index is 13.6. The summed E-state index contributed by atoms with van der Waals surface area (Å²) in [5, 5.41) is 9.16. The molecule has 0 aliphatic heterocycles. The Kier molecular flexibility index (Phi) is 4.41. The van der Waals surface area contributed by atoms with E-state index in [4.69, 9.17) is 5.11 Å². The molecule has 0 aliphatic carbocycles. The van der Waals surface area contributed by atoms with Gasteiger partial charge >= 0.3 is 11.9 Å². The maximum absolute atomic E-state index is 13.6.